The zero-order valence-electron chi connectivity index (χ0n) is 12.8. The van der Waals surface area contributed by atoms with Crippen molar-refractivity contribution in [2.75, 3.05) is 58.8 Å². The fourth-order valence-electron chi connectivity index (χ4n) is 2.42. The van der Waals surface area contributed by atoms with Gasteiger partial charge in [0.05, 0.1) is 6.04 Å². The van der Waals surface area contributed by atoms with Crippen molar-refractivity contribution in [2.45, 2.75) is 6.04 Å². The third-order valence-corrected chi connectivity index (χ3v) is 3.89. The lowest BCUT2D eigenvalue weighted by atomic mass is 10.1. The first-order chi connectivity index (χ1) is 9.60. The average Bonchev–Trinajstić information content (AvgIpc) is 2.47. The molecule has 0 saturated carbocycles. The summed E-state index contributed by atoms with van der Waals surface area (Å²) in [5.74, 6) is 0. The van der Waals surface area contributed by atoms with Crippen LogP contribution in [0.3, 0.4) is 0 Å². The number of nitrogens with two attached hydrogens (primary N) is 1. The minimum Gasteiger partial charge on any atom is -0.378 e. The molecule has 1 saturated heterocycles. The van der Waals surface area contributed by atoms with Crippen LogP contribution in [-0.2, 0) is 0 Å². The Morgan fingerprint density at radius 3 is 2.25 bits per heavy atom. The Balaban J connectivity index is 1.97. The van der Waals surface area contributed by atoms with Gasteiger partial charge in [-0.15, -0.1) is 0 Å². The Bertz CT molecular complexity index is 395. The van der Waals surface area contributed by atoms with Crippen LogP contribution in [0.15, 0.2) is 24.3 Å². The highest BCUT2D eigenvalue weighted by Gasteiger charge is 2.18. The maximum Gasteiger partial charge on any atom is 0.0587 e. The van der Waals surface area contributed by atoms with Gasteiger partial charge in [-0.3, -0.25) is 0 Å². The number of benzene rings is 1. The maximum absolute atomic E-state index is 5.94. The Kier molecular flexibility index (Phi) is 5.37. The van der Waals surface area contributed by atoms with Crippen LogP contribution in [0.5, 0.6) is 0 Å². The number of nitrogens with one attached hydrogen (secondary N) is 1. The molecule has 1 aromatic carbocycles. The number of nitrogens with zero attached hydrogens (tertiary/aromatic N) is 3. The SMILES string of the molecule is CN1CCN(NC(CN)c2ccc(N(C)C)cc2)CC1. The third-order valence-electron chi connectivity index (χ3n) is 3.89. The van der Waals surface area contributed by atoms with Crippen LogP contribution >= 0.6 is 0 Å². The quantitative estimate of drug-likeness (QED) is 0.821. The van der Waals surface area contributed by atoms with E-state index in [1.807, 2.05) is 0 Å². The lowest BCUT2D eigenvalue weighted by Gasteiger charge is -2.35. The van der Waals surface area contributed by atoms with Crippen LogP contribution < -0.4 is 16.1 Å². The third kappa shape index (κ3) is 3.93. The Hall–Kier alpha value is -1.14. The number of anilines is 1. The highest BCUT2D eigenvalue weighted by molar-refractivity contribution is 5.46. The standard InChI is InChI=1S/C15H27N5/c1-18(2)14-6-4-13(5-7-14)15(12-16)17-20-10-8-19(3)9-11-20/h4-7,15,17H,8-12,16H2,1-3H3. The first-order valence-electron chi connectivity index (χ1n) is 7.27. The van der Waals surface area contributed by atoms with Crippen LogP contribution in [0.1, 0.15) is 11.6 Å². The molecule has 1 aliphatic heterocycles. The van der Waals surface area contributed by atoms with Crippen molar-refractivity contribution in [1.29, 1.82) is 0 Å². The molecule has 1 aromatic rings. The van der Waals surface area contributed by atoms with E-state index in [2.05, 4.69) is 65.6 Å². The number of hydrazine groups is 1. The lowest BCUT2D eigenvalue weighted by molar-refractivity contribution is 0.0880. The largest absolute Gasteiger partial charge is 0.378 e. The van der Waals surface area contributed by atoms with Crippen molar-refractivity contribution in [3.63, 3.8) is 0 Å². The first kappa shape index (κ1) is 15.3. The van der Waals surface area contributed by atoms with Gasteiger partial charge in [-0.05, 0) is 24.7 Å². The summed E-state index contributed by atoms with van der Waals surface area (Å²) >= 11 is 0. The summed E-state index contributed by atoms with van der Waals surface area (Å²) in [4.78, 5) is 4.46. The molecular formula is C15H27N5. The second-order valence-electron chi connectivity index (χ2n) is 5.69. The number of rotatable bonds is 5. The van der Waals surface area contributed by atoms with E-state index >= 15 is 0 Å². The molecule has 5 heteroatoms. The van der Waals surface area contributed by atoms with Gasteiger partial charge < -0.3 is 15.5 Å². The summed E-state index contributed by atoms with van der Waals surface area (Å²) in [5, 5.41) is 2.29. The predicted molar refractivity (Wildman–Crippen MR) is 84.8 cm³/mol. The number of hydrogen-bond acceptors (Lipinski definition) is 5. The van der Waals surface area contributed by atoms with Gasteiger partial charge >= 0.3 is 0 Å². The minimum atomic E-state index is 0.189. The molecule has 0 spiro atoms. The van der Waals surface area contributed by atoms with Gasteiger partial charge in [-0.2, -0.15) is 0 Å². The molecule has 0 aromatic heterocycles. The van der Waals surface area contributed by atoms with Crippen molar-refractivity contribution in [2.24, 2.45) is 5.73 Å². The van der Waals surface area contributed by atoms with Gasteiger partial charge in [0.15, 0.2) is 0 Å². The number of piperazine rings is 1. The molecule has 0 bridgehead atoms. The molecule has 3 N–H and O–H groups in total. The van der Waals surface area contributed by atoms with E-state index in [4.69, 9.17) is 5.73 Å². The molecule has 1 heterocycles. The molecule has 112 valence electrons. The zero-order valence-corrected chi connectivity index (χ0v) is 12.8. The first-order valence-corrected chi connectivity index (χ1v) is 7.27. The summed E-state index contributed by atoms with van der Waals surface area (Å²) < 4.78 is 0. The van der Waals surface area contributed by atoms with Crippen molar-refractivity contribution in [3.8, 4) is 0 Å². The van der Waals surface area contributed by atoms with E-state index in [0.29, 0.717) is 6.54 Å². The second-order valence-corrected chi connectivity index (χ2v) is 5.69. The van der Waals surface area contributed by atoms with Crippen LogP contribution in [0.4, 0.5) is 5.69 Å². The van der Waals surface area contributed by atoms with Crippen LogP contribution in [0.25, 0.3) is 0 Å². The molecule has 0 aliphatic carbocycles. The van der Waals surface area contributed by atoms with Gasteiger partial charge in [-0.1, -0.05) is 12.1 Å². The smallest absolute Gasteiger partial charge is 0.0587 e. The maximum atomic E-state index is 5.94. The van der Waals surface area contributed by atoms with Gasteiger partial charge in [-0.25, -0.2) is 10.4 Å². The van der Waals surface area contributed by atoms with Gasteiger partial charge in [0.1, 0.15) is 0 Å². The summed E-state index contributed by atoms with van der Waals surface area (Å²) in [5.41, 5.74) is 12.0. The van der Waals surface area contributed by atoms with Crippen LogP contribution in [-0.4, -0.2) is 63.8 Å². The summed E-state index contributed by atoms with van der Waals surface area (Å²) in [6.07, 6.45) is 0. The van der Waals surface area contributed by atoms with E-state index < -0.39 is 0 Å². The Morgan fingerprint density at radius 1 is 1.15 bits per heavy atom. The van der Waals surface area contributed by atoms with Crippen molar-refractivity contribution >= 4 is 5.69 Å². The van der Waals surface area contributed by atoms with Crippen molar-refractivity contribution in [3.05, 3.63) is 29.8 Å². The molecule has 1 fully saturated rings. The summed E-state index contributed by atoms with van der Waals surface area (Å²) in [6, 6.07) is 8.80. The molecule has 1 atom stereocenters. The van der Waals surface area contributed by atoms with E-state index in [-0.39, 0.29) is 6.04 Å². The number of likely N-dealkylation sites (N-methyl/N-ethyl adjacent to an activating group) is 1. The molecule has 20 heavy (non-hydrogen) atoms. The van der Waals surface area contributed by atoms with E-state index in [0.717, 1.165) is 26.2 Å². The van der Waals surface area contributed by atoms with Crippen molar-refractivity contribution < 1.29 is 0 Å². The molecule has 2 rings (SSSR count). The molecule has 1 unspecified atom stereocenters. The zero-order chi connectivity index (χ0) is 14.5. The van der Waals surface area contributed by atoms with Gasteiger partial charge in [0.25, 0.3) is 0 Å². The molecule has 1 aliphatic rings. The van der Waals surface area contributed by atoms with E-state index in [1.165, 1.54) is 11.3 Å². The fourth-order valence-corrected chi connectivity index (χ4v) is 2.42. The summed E-state index contributed by atoms with van der Waals surface area (Å²) in [6.45, 7) is 4.90. The number of hydrogen-bond donors (Lipinski definition) is 2. The van der Waals surface area contributed by atoms with Gasteiger partial charge in [0, 0.05) is 52.5 Å². The predicted octanol–water partition coefficient (Wildman–Crippen LogP) is 0.504. The van der Waals surface area contributed by atoms with E-state index in [1.54, 1.807) is 0 Å². The van der Waals surface area contributed by atoms with Crippen molar-refractivity contribution in [1.82, 2.24) is 15.3 Å². The highest BCUT2D eigenvalue weighted by atomic mass is 15.5. The minimum absolute atomic E-state index is 0.189. The average molecular weight is 277 g/mol. The lowest BCUT2D eigenvalue weighted by Crippen LogP contribution is -2.52. The second kappa shape index (κ2) is 7.04. The topological polar surface area (TPSA) is 47.8 Å². The monoisotopic (exact) mass is 277 g/mol. The molecule has 0 amide bonds. The molecule has 5 nitrogen and oxygen atoms in total. The summed E-state index contributed by atoms with van der Waals surface area (Å²) in [7, 11) is 6.27. The van der Waals surface area contributed by atoms with Crippen LogP contribution in [0.2, 0.25) is 0 Å². The molecule has 0 radical (unpaired) electrons. The van der Waals surface area contributed by atoms with E-state index in [9.17, 15) is 0 Å². The highest BCUT2D eigenvalue weighted by Crippen LogP contribution is 2.18. The Labute approximate surface area is 122 Å². The normalized spacial score (nSPS) is 19.0. The molecular weight excluding hydrogens is 250 g/mol. The van der Waals surface area contributed by atoms with Gasteiger partial charge in [0.2, 0.25) is 0 Å². The van der Waals surface area contributed by atoms with Crippen LogP contribution in [0, 0.1) is 0 Å². The Morgan fingerprint density at radius 2 is 1.75 bits per heavy atom. The fraction of sp³-hybridized carbons (Fsp3) is 0.600.